The van der Waals surface area contributed by atoms with Crippen LogP contribution in [0.5, 0.6) is 0 Å². The lowest BCUT2D eigenvalue weighted by Gasteiger charge is -2.34. The molecule has 0 atom stereocenters. The minimum absolute atomic E-state index is 0.327. The van der Waals surface area contributed by atoms with Gasteiger partial charge in [0, 0.05) is 44.0 Å². The van der Waals surface area contributed by atoms with E-state index in [1.165, 1.54) is 11.0 Å². The topological polar surface area (TPSA) is 86.9 Å². The summed E-state index contributed by atoms with van der Waals surface area (Å²) in [6, 6.07) is 3.69. The first kappa shape index (κ1) is 13.1. The molecule has 102 valence electrons. The SMILES string of the molecule is O=C(O)N1CCN(c2ccc([N+](=O)[O-])c(F)c2)CC1. The van der Waals surface area contributed by atoms with Gasteiger partial charge in [-0.25, -0.2) is 4.79 Å². The molecule has 1 aromatic carbocycles. The fraction of sp³-hybridized carbons (Fsp3) is 0.364. The number of carboxylic acid groups (broad SMARTS) is 1. The number of nitrogens with zero attached hydrogens (tertiary/aromatic N) is 3. The molecule has 0 unspecified atom stereocenters. The standard InChI is InChI=1S/C11H12FN3O4/c12-9-7-8(1-2-10(9)15(18)19)13-3-5-14(6-4-13)11(16)17/h1-2,7H,3-6H2,(H,16,17). The Bertz CT molecular complexity index is 515. The molecule has 7 nitrogen and oxygen atoms in total. The Morgan fingerprint density at radius 2 is 1.95 bits per heavy atom. The van der Waals surface area contributed by atoms with E-state index in [1.807, 2.05) is 0 Å². The van der Waals surface area contributed by atoms with Crippen molar-refractivity contribution in [2.75, 3.05) is 31.1 Å². The number of halogens is 1. The highest BCUT2D eigenvalue weighted by Gasteiger charge is 2.22. The quantitative estimate of drug-likeness (QED) is 0.650. The molecule has 1 heterocycles. The van der Waals surface area contributed by atoms with Crippen LogP contribution in [0.4, 0.5) is 20.6 Å². The van der Waals surface area contributed by atoms with Crippen molar-refractivity contribution in [1.82, 2.24) is 4.90 Å². The van der Waals surface area contributed by atoms with Crippen LogP contribution in [-0.4, -0.2) is 47.2 Å². The van der Waals surface area contributed by atoms with Crippen LogP contribution in [0.25, 0.3) is 0 Å². The van der Waals surface area contributed by atoms with E-state index in [9.17, 15) is 19.3 Å². The Balaban J connectivity index is 2.10. The molecule has 0 radical (unpaired) electrons. The van der Waals surface area contributed by atoms with Crippen molar-refractivity contribution >= 4 is 17.5 Å². The number of hydrogen-bond acceptors (Lipinski definition) is 4. The van der Waals surface area contributed by atoms with Gasteiger partial charge in [-0.2, -0.15) is 4.39 Å². The number of amides is 1. The molecule has 19 heavy (non-hydrogen) atoms. The molecule has 1 N–H and O–H groups in total. The predicted octanol–water partition coefficient (Wildman–Crippen LogP) is 1.53. The van der Waals surface area contributed by atoms with Crippen LogP contribution in [-0.2, 0) is 0 Å². The molecule has 0 spiro atoms. The molecule has 8 heteroatoms. The molecule has 2 rings (SSSR count). The molecular weight excluding hydrogens is 257 g/mol. The van der Waals surface area contributed by atoms with Crippen LogP contribution in [0.1, 0.15) is 0 Å². The van der Waals surface area contributed by atoms with Crippen LogP contribution >= 0.6 is 0 Å². The Labute approximate surface area is 108 Å². The average molecular weight is 269 g/mol. The fourth-order valence-electron chi connectivity index (χ4n) is 2.00. The zero-order valence-corrected chi connectivity index (χ0v) is 9.95. The van der Waals surface area contributed by atoms with Crippen molar-refractivity contribution in [3.8, 4) is 0 Å². The van der Waals surface area contributed by atoms with Crippen LogP contribution in [0.2, 0.25) is 0 Å². The molecule has 1 saturated heterocycles. The van der Waals surface area contributed by atoms with Gasteiger partial charge in [-0.05, 0) is 6.07 Å². The Kier molecular flexibility index (Phi) is 3.50. The maximum atomic E-state index is 13.5. The van der Waals surface area contributed by atoms with Gasteiger partial charge in [-0.3, -0.25) is 10.1 Å². The van der Waals surface area contributed by atoms with E-state index in [0.29, 0.717) is 31.9 Å². The lowest BCUT2D eigenvalue weighted by molar-refractivity contribution is -0.387. The lowest BCUT2D eigenvalue weighted by Crippen LogP contribution is -2.48. The van der Waals surface area contributed by atoms with E-state index in [-0.39, 0.29) is 0 Å². The predicted molar refractivity (Wildman–Crippen MR) is 64.9 cm³/mol. The summed E-state index contributed by atoms with van der Waals surface area (Å²) in [5.74, 6) is -0.886. The van der Waals surface area contributed by atoms with Gasteiger partial charge in [-0.15, -0.1) is 0 Å². The normalized spacial score (nSPS) is 15.4. The lowest BCUT2D eigenvalue weighted by atomic mass is 10.2. The number of nitro groups is 1. The Hall–Kier alpha value is -2.38. The Morgan fingerprint density at radius 3 is 2.42 bits per heavy atom. The third kappa shape index (κ3) is 2.72. The van der Waals surface area contributed by atoms with E-state index in [1.54, 1.807) is 4.90 Å². The Morgan fingerprint density at radius 1 is 1.32 bits per heavy atom. The molecule has 0 bridgehead atoms. The van der Waals surface area contributed by atoms with Crippen molar-refractivity contribution in [3.05, 3.63) is 34.1 Å². The van der Waals surface area contributed by atoms with Gasteiger partial charge in [0.25, 0.3) is 0 Å². The summed E-state index contributed by atoms with van der Waals surface area (Å²) in [7, 11) is 0. The molecule has 1 amide bonds. The second-order valence-electron chi connectivity index (χ2n) is 4.15. The van der Waals surface area contributed by atoms with Crippen molar-refractivity contribution in [1.29, 1.82) is 0 Å². The fourth-order valence-corrected chi connectivity index (χ4v) is 2.00. The third-order valence-corrected chi connectivity index (χ3v) is 3.04. The first-order chi connectivity index (χ1) is 8.99. The summed E-state index contributed by atoms with van der Waals surface area (Å²) in [6.07, 6.45) is -0.977. The summed E-state index contributed by atoms with van der Waals surface area (Å²) in [5, 5.41) is 19.3. The molecule has 0 saturated carbocycles. The van der Waals surface area contributed by atoms with Gasteiger partial charge in [0.05, 0.1) is 4.92 Å². The smallest absolute Gasteiger partial charge is 0.407 e. The molecule has 0 aromatic heterocycles. The molecule has 1 aliphatic rings. The highest BCUT2D eigenvalue weighted by atomic mass is 19.1. The van der Waals surface area contributed by atoms with Gasteiger partial charge >= 0.3 is 11.8 Å². The number of benzene rings is 1. The van der Waals surface area contributed by atoms with E-state index < -0.39 is 22.5 Å². The molecule has 0 aliphatic carbocycles. The van der Waals surface area contributed by atoms with E-state index in [4.69, 9.17) is 5.11 Å². The second kappa shape index (κ2) is 5.09. The zero-order valence-electron chi connectivity index (χ0n) is 9.95. The minimum atomic E-state index is -0.977. The highest BCUT2D eigenvalue weighted by molar-refractivity contribution is 5.65. The summed E-state index contributed by atoms with van der Waals surface area (Å²) in [4.78, 5) is 23.5. The van der Waals surface area contributed by atoms with Gasteiger partial charge < -0.3 is 14.9 Å². The molecule has 1 aliphatic heterocycles. The second-order valence-corrected chi connectivity index (χ2v) is 4.15. The molecule has 1 aromatic rings. The average Bonchev–Trinajstić information content (AvgIpc) is 2.38. The number of anilines is 1. The highest BCUT2D eigenvalue weighted by Crippen LogP contribution is 2.24. The first-order valence-electron chi connectivity index (χ1n) is 5.66. The zero-order chi connectivity index (χ0) is 14.0. The molecular formula is C11H12FN3O4. The maximum absolute atomic E-state index is 13.5. The molecule has 1 fully saturated rings. The van der Waals surface area contributed by atoms with Gasteiger partial charge in [0.15, 0.2) is 0 Å². The van der Waals surface area contributed by atoms with Gasteiger partial charge in [0.2, 0.25) is 5.82 Å². The largest absolute Gasteiger partial charge is 0.465 e. The summed E-state index contributed by atoms with van der Waals surface area (Å²) >= 11 is 0. The van der Waals surface area contributed by atoms with E-state index >= 15 is 0 Å². The number of piperazine rings is 1. The number of hydrogen-bond donors (Lipinski definition) is 1. The summed E-state index contributed by atoms with van der Waals surface area (Å²) in [5.41, 5.74) is -0.0407. The maximum Gasteiger partial charge on any atom is 0.407 e. The van der Waals surface area contributed by atoms with Crippen molar-refractivity contribution in [2.45, 2.75) is 0 Å². The van der Waals surface area contributed by atoms with Crippen LogP contribution in [0, 0.1) is 15.9 Å². The van der Waals surface area contributed by atoms with E-state index in [0.717, 1.165) is 12.1 Å². The number of nitro benzene ring substituents is 1. The third-order valence-electron chi connectivity index (χ3n) is 3.04. The van der Waals surface area contributed by atoms with Crippen molar-refractivity contribution < 1.29 is 19.2 Å². The van der Waals surface area contributed by atoms with Crippen molar-refractivity contribution in [3.63, 3.8) is 0 Å². The number of carbonyl (C=O) groups is 1. The van der Waals surface area contributed by atoms with E-state index in [2.05, 4.69) is 0 Å². The minimum Gasteiger partial charge on any atom is -0.465 e. The van der Waals surface area contributed by atoms with Crippen LogP contribution in [0.15, 0.2) is 18.2 Å². The summed E-state index contributed by atoms with van der Waals surface area (Å²) < 4.78 is 13.5. The van der Waals surface area contributed by atoms with Crippen LogP contribution in [0.3, 0.4) is 0 Å². The van der Waals surface area contributed by atoms with Gasteiger partial charge in [0.1, 0.15) is 0 Å². The monoisotopic (exact) mass is 269 g/mol. The first-order valence-corrected chi connectivity index (χ1v) is 5.66. The number of rotatable bonds is 2. The van der Waals surface area contributed by atoms with Crippen LogP contribution < -0.4 is 4.90 Å². The van der Waals surface area contributed by atoms with Crippen molar-refractivity contribution in [2.24, 2.45) is 0 Å². The summed E-state index contributed by atoms with van der Waals surface area (Å²) in [6.45, 7) is 1.52. The van der Waals surface area contributed by atoms with Gasteiger partial charge in [-0.1, -0.05) is 0 Å².